The van der Waals surface area contributed by atoms with E-state index in [4.69, 9.17) is 0 Å². The Labute approximate surface area is 198 Å². The highest BCUT2D eigenvalue weighted by molar-refractivity contribution is 5.82. The van der Waals surface area contributed by atoms with Crippen LogP contribution >= 0.6 is 0 Å². The number of hydrogen-bond acceptors (Lipinski definition) is 1. The van der Waals surface area contributed by atoms with E-state index in [2.05, 4.69) is 109 Å². The number of rotatable bonds is 8. The average molecular weight is 440 g/mol. The molecule has 0 N–H and O–H groups in total. The van der Waals surface area contributed by atoms with E-state index in [-0.39, 0.29) is 32.5 Å². The summed E-state index contributed by atoms with van der Waals surface area (Å²) in [5, 5.41) is 0. The van der Waals surface area contributed by atoms with Gasteiger partial charge in [-0.25, -0.2) is 0 Å². The van der Waals surface area contributed by atoms with Gasteiger partial charge in [0.05, 0.1) is 0 Å². The lowest BCUT2D eigenvalue weighted by Gasteiger charge is -2.44. The van der Waals surface area contributed by atoms with Gasteiger partial charge >= 0.3 is 0 Å². The third-order valence-corrected chi connectivity index (χ3v) is 5.09. The molecule has 0 aromatic heterocycles. The topological polar surface area (TPSA) is 20.3 Å². The van der Waals surface area contributed by atoms with E-state index in [9.17, 15) is 4.79 Å². The standard InChI is InChI=1S/C27H55NO.C2H6/c1-22(2,3)16-25(10,11)19-28(20-26(12,13)17-23(4,5)6)21(29)27(14,15)18-24(7,8)9;1-2/h16-20H2,1-15H3;1-2H3. The third-order valence-electron chi connectivity index (χ3n) is 5.09. The molecule has 0 atom stereocenters. The average Bonchev–Trinajstić information content (AvgIpc) is 2.39. The third kappa shape index (κ3) is 15.8. The summed E-state index contributed by atoms with van der Waals surface area (Å²) in [4.78, 5) is 16.1. The minimum absolute atomic E-state index is 0.0868. The predicted molar refractivity (Wildman–Crippen MR) is 141 cm³/mol. The van der Waals surface area contributed by atoms with E-state index in [1.54, 1.807) is 0 Å². The maximum Gasteiger partial charge on any atom is 0.228 e. The molecule has 0 aliphatic carbocycles. The predicted octanol–water partition coefficient (Wildman–Crippen LogP) is 9.23. The molecule has 0 radical (unpaired) electrons. The number of nitrogens with zero attached hydrogens (tertiary/aromatic N) is 1. The minimum Gasteiger partial charge on any atom is -0.341 e. The molecule has 0 aliphatic rings. The monoisotopic (exact) mass is 439 g/mol. The summed E-state index contributed by atoms with van der Waals surface area (Å²) >= 11 is 0. The molecule has 1 amide bonds. The summed E-state index contributed by atoms with van der Waals surface area (Å²) in [5.41, 5.74) is 0.452. The second kappa shape index (κ2) is 11.1. The fraction of sp³-hybridized carbons (Fsp3) is 0.966. The molecule has 0 spiro atoms. The summed E-state index contributed by atoms with van der Waals surface area (Å²) in [6, 6.07) is 0. The van der Waals surface area contributed by atoms with Crippen molar-refractivity contribution in [3.05, 3.63) is 0 Å². The van der Waals surface area contributed by atoms with Gasteiger partial charge in [-0.05, 0) is 46.3 Å². The van der Waals surface area contributed by atoms with Gasteiger partial charge < -0.3 is 4.90 Å². The molecule has 0 saturated heterocycles. The normalized spacial score (nSPS) is 14.1. The van der Waals surface area contributed by atoms with E-state index in [0.717, 1.165) is 32.4 Å². The van der Waals surface area contributed by atoms with Gasteiger partial charge in [0.25, 0.3) is 0 Å². The van der Waals surface area contributed by atoms with Crippen LogP contribution in [-0.2, 0) is 4.79 Å². The molecule has 0 fully saturated rings. The Hall–Kier alpha value is -0.530. The molecular weight excluding hydrogens is 378 g/mol. The molecule has 0 saturated carbocycles. The van der Waals surface area contributed by atoms with Crippen molar-refractivity contribution in [2.75, 3.05) is 13.1 Å². The van der Waals surface area contributed by atoms with Gasteiger partial charge in [-0.2, -0.15) is 0 Å². The van der Waals surface area contributed by atoms with Crippen molar-refractivity contribution < 1.29 is 4.79 Å². The maximum atomic E-state index is 13.9. The summed E-state index contributed by atoms with van der Waals surface area (Å²) in [5.74, 6) is 0.316. The molecule has 0 aromatic rings. The summed E-state index contributed by atoms with van der Waals surface area (Å²) in [7, 11) is 0. The molecule has 0 aliphatic heterocycles. The Morgan fingerprint density at radius 1 is 0.516 bits per heavy atom. The first-order valence-corrected chi connectivity index (χ1v) is 12.6. The zero-order valence-electron chi connectivity index (χ0n) is 24.9. The van der Waals surface area contributed by atoms with Crippen molar-refractivity contribution in [1.29, 1.82) is 0 Å². The SMILES string of the molecule is CC.CC(C)(C)CC(C)(C)CN(CC(C)(C)CC(C)(C)C)C(=O)C(C)(C)CC(C)(C)C. The molecule has 0 unspecified atom stereocenters. The summed E-state index contributed by atoms with van der Waals surface area (Å²) in [6.07, 6.45) is 3.10. The highest BCUT2D eigenvalue weighted by atomic mass is 16.2. The Morgan fingerprint density at radius 3 is 1.00 bits per heavy atom. The van der Waals surface area contributed by atoms with Gasteiger partial charge in [-0.1, -0.05) is 118 Å². The van der Waals surface area contributed by atoms with Crippen molar-refractivity contribution in [2.24, 2.45) is 32.5 Å². The Balaban J connectivity index is 0. The van der Waals surface area contributed by atoms with E-state index in [0.29, 0.717) is 5.91 Å². The van der Waals surface area contributed by atoms with Crippen LogP contribution in [0.1, 0.15) is 137 Å². The molecule has 31 heavy (non-hydrogen) atoms. The molecule has 188 valence electrons. The fourth-order valence-corrected chi connectivity index (χ4v) is 6.05. The van der Waals surface area contributed by atoms with Crippen LogP contribution < -0.4 is 0 Å². The summed E-state index contributed by atoms with van der Waals surface area (Å²) < 4.78 is 0. The number of amides is 1. The van der Waals surface area contributed by atoms with E-state index in [1.807, 2.05) is 13.8 Å². The van der Waals surface area contributed by atoms with Crippen LogP contribution in [0, 0.1) is 32.5 Å². The number of hydrogen-bond donors (Lipinski definition) is 0. The van der Waals surface area contributed by atoms with Gasteiger partial charge in [0.1, 0.15) is 0 Å². The molecular formula is C29H61NO. The molecule has 0 bridgehead atoms. The van der Waals surface area contributed by atoms with Crippen molar-refractivity contribution in [2.45, 2.75) is 137 Å². The second-order valence-corrected chi connectivity index (χ2v) is 15.6. The number of carbonyl (C=O) groups is 1. The van der Waals surface area contributed by atoms with Gasteiger partial charge in [0.15, 0.2) is 0 Å². The number of carbonyl (C=O) groups excluding carboxylic acids is 1. The van der Waals surface area contributed by atoms with Crippen LogP contribution in [0.4, 0.5) is 0 Å². The Kier molecular flexibility index (Phi) is 11.6. The van der Waals surface area contributed by atoms with E-state index < -0.39 is 0 Å². The molecule has 0 aromatic carbocycles. The van der Waals surface area contributed by atoms with Crippen molar-refractivity contribution >= 4 is 5.91 Å². The second-order valence-electron chi connectivity index (χ2n) is 15.6. The highest BCUT2D eigenvalue weighted by Crippen LogP contribution is 2.40. The largest absolute Gasteiger partial charge is 0.341 e. The van der Waals surface area contributed by atoms with Gasteiger partial charge in [-0.3, -0.25) is 4.79 Å². The van der Waals surface area contributed by atoms with E-state index in [1.165, 1.54) is 0 Å². The first-order valence-electron chi connectivity index (χ1n) is 12.6. The van der Waals surface area contributed by atoms with Crippen LogP contribution in [0.2, 0.25) is 0 Å². The van der Waals surface area contributed by atoms with Crippen molar-refractivity contribution in [3.63, 3.8) is 0 Å². The lowest BCUT2D eigenvalue weighted by atomic mass is 9.72. The van der Waals surface area contributed by atoms with Crippen LogP contribution in [0.5, 0.6) is 0 Å². The molecule has 2 heteroatoms. The van der Waals surface area contributed by atoms with Crippen LogP contribution in [0.25, 0.3) is 0 Å². The Morgan fingerprint density at radius 2 is 0.774 bits per heavy atom. The minimum atomic E-state index is -0.353. The zero-order chi connectivity index (χ0) is 25.7. The van der Waals surface area contributed by atoms with Crippen LogP contribution in [0.15, 0.2) is 0 Å². The maximum absolute atomic E-state index is 13.9. The first kappa shape index (κ1) is 32.6. The van der Waals surface area contributed by atoms with Gasteiger partial charge in [0, 0.05) is 18.5 Å². The van der Waals surface area contributed by atoms with Crippen molar-refractivity contribution in [3.8, 4) is 0 Å². The van der Waals surface area contributed by atoms with Gasteiger partial charge in [0.2, 0.25) is 5.91 Å². The van der Waals surface area contributed by atoms with Gasteiger partial charge in [-0.15, -0.1) is 0 Å². The highest BCUT2D eigenvalue weighted by Gasteiger charge is 2.40. The first-order chi connectivity index (χ1) is 13.3. The zero-order valence-corrected chi connectivity index (χ0v) is 24.9. The molecule has 2 nitrogen and oxygen atoms in total. The van der Waals surface area contributed by atoms with Crippen molar-refractivity contribution in [1.82, 2.24) is 4.90 Å². The van der Waals surface area contributed by atoms with E-state index >= 15 is 0 Å². The Bertz CT molecular complexity index is 503. The molecule has 0 heterocycles. The quantitative estimate of drug-likeness (QED) is 0.369. The smallest absolute Gasteiger partial charge is 0.228 e. The molecule has 0 rings (SSSR count). The van der Waals surface area contributed by atoms with Crippen LogP contribution in [0.3, 0.4) is 0 Å². The lowest BCUT2D eigenvalue weighted by molar-refractivity contribution is -0.145. The fourth-order valence-electron chi connectivity index (χ4n) is 6.05. The summed E-state index contributed by atoms with van der Waals surface area (Å²) in [6.45, 7) is 39.7. The lowest BCUT2D eigenvalue weighted by Crippen LogP contribution is -2.50. The van der Waals surface area contributed by atoms with Crippen LogP contribution in [-0.4, -0.2) is 23.9 Å².